The van der Waals surface area contributed by atoms with Crippen molar-refractivity contribution < 1.29 is 4.79 Å². The van der Waals surface area contributed by atoms with E-state index >= 15 is 0 Å². The zero-order chi connectivity index (χ0) is 15.4. The molecule has 0 atom stereocenters. The zero-order valence-corrected chi connectivity index (χ0v) is 13.6. The molecule has 1 aliphatic rings. The minimum Gasteiger partial charge on any atom is -0.387 e. The van der Waals surface area contributed by atoms with Crippen molar-refractivity contribution in [1.29, 1.82) is 0 Å². The molecule has 1 aromatic carbocycles. The average Bonchev–Trinajstić information content (AvgIpc) is 2.46. The smallest absolute Gasteiger partial charge is 0.255 e. The van der Waals surface area contributed by atoms with E-state index in [0.29, 0.717) is 5.92 Å². The molecule has 0 bridgehead atoms. The normalized spacial score (nSPS) is 16.3. The van der Waals surface area contributed by atoms with E-state index in [1.54, 1.807) is 0 Å². The Bertz CT molecular complexity index is 491. The molecule has 0 spiro atoms. The zero-order valence-electron chi connectivity index (χ0n) is 13.6. The lowest BCUT2D eigenvalue weighted by atomic mass is 9.95. The molecule has 1 saturated heterocycles. The van der Waals surface area contributed by atoms with Crippen LogP contribution in [0.2, 0.25) is 0 Å². The van der Waals surface area contributed by atoms with Crippen molar-refractivity contribution in [2.24, 2.45) is 5.92 Å². The van der Waals surface area contributed by atoms with Crippen molar-refractivity contribution in [3.63, 3.8) is 0 Å². The predicted octanol–water partition coefficient (Wildman–Crippen LogP) is 2.45. The maximum atomic E-state index is 12.7. The molecule has 0 unspecified atom stereocenters. The van der Waals surface area contributed by atoms with Gasteiger partial charge in [0.15, 0.2) is 0 Å². The number of amides is 1. The van der Waals surface area contributed by atoms with Gasteiger partial charge in [-0.1, -0.05) is 6.07 Å². The first-order chi connectivity index (χ1) is 10.0. The number of likely N-dealkylation sites (tertiary alicyclic amines) is 1. The van der Waals surface area contributed by atoms with Crippen LogP contribution in [0.15, 0.2) is 18.2 Å². The Morgan fingerprint density at radius 2 is 2.00 bits per heavy atom. The number of hydrogen-bond donors (Lipinski definition) is 1. The third-order valence-corrected chi connectivity index (χ3v) is 4.20. The summed E-state index contributed by atoms with van der Waals surface area (Å²) in [7, 11) is 6.10. The summed E-state index contributed by atoms with van der Waals surface area (Å²) in [4.78, 5) is 16.9. The summed E-state index contributed by atoms with van der Waals surface area (Å²) in [6.07, 6.45) is 2.20. The van der Waals surface area contributed by atoms with Crippen LogP contribution in [0.25, 0.3) is 0 Å². The van der Waals surface area contributed by atoms with Crippen LogP contribution in [0.4, 0.5) is 5.69 Å². The highest BCUT2D eigenvalue weighted by Crippen LogP contribution is 2.23. The summed E-state index contributed by atoms with van der Waals surface area (Å²) < 4.78 is 0. The molecule has 0 aromatic heterocycles. The number of rotatable bonds is 4. The molecule has 2 rings (SSSR count). The lowest BCUT2D eigenvalue weighted by molar-refractivity contribution is 0.0679. The van der Waals surface area contributed by atoms with Crippen LogP contribution in [-0.4, -0.2) is 56.5 Å². The van der Waals surface area contributed by atoms with Crippen molar-refractivity contribution in [2.45, 2.75) is 19.8 Å². The van der Waals surface area contributed by atoms with Gasteiger partial charge in [0, 0.05) is 32.4 Å². The number of benzene rings is 1. The van der Waals surface area contributed by atoms with Gasteiger partial charge in [0.05, 0.1) is 5.56 Å². The fourth-order valence-electron chi connectivity index (χ4n) is 3.06. The molecule has 1 N–H and O–H groups in total. The molecule has 1 amide bonds. The second-order valence-corrected chi connectivity index (χ2v) is 6.30. The second kappa shape index (κ2) is 6.94. The highest BCUT2D eigenvalue weighted by atomic mass is 16.2. The molecule has 0 aliphatic carbocycles. The Morgan fingerprint density at radius 1 is 1.33 bits per heavy atom. The van der Waals surface area contributed by atoms with Crippen LogP contribution >= 0.6 is 0 Å². The number of anilines is 1. The van der Waals surface area contributed by atoms with E-state index in [2.05, 4.69) is 24.3 Å². The van der Waals surface area contributed by atoms with Crippen LogP contribution in [0.5, 0.6) is 0 Å². The highest BCUT2D eigenvalue weighted by molar-refractivity contribution is 5.99. The Morgan fingerprint density at radius 3 is 2.57 bits per heavy atom. The van der Waals surface area contributed by atoms with E-state index in [1.807, 2.05) is 37.1 Å². The van der Waals surface area contributed by atoms with Crippen molar-refractivity contribution in [3.8, 4) is 0 Å². The van der Waals surface area contributed by atoms with Gasteiger partial charge in [-0.3, -0.25) is 4.79 Å². The van der Waals surface area contributed by atoms with Gasteiger partial charge in [-0.05, 0) is 57.5 Å². The van der Waals surface area contributed by atoms with Crippen molar-refractivity contribution in [2.75, 3.05) is 46.1 Å². The minimum atomic E-state index is 0.155. The van der Waals surface area contributed by atoms with Gasteiger partial charge < -0.3 is 15.1 Å². The van der Waals surface area contributed by atoms with Crippen LogP contribution in [0.3, 0.4) is 0 Å². The van der Waals surface area contributed by atoms with E-state index in [1.165, 1.54) is 5.56 Å². The molecular weight excluding hydrogens is 262 g/mol. The maximum Gasteiger partial charge on any atom is 0.255 e. The summed E-state index contributed by atoms with van der Waals surface area (Å²) >= 11 is 0. The first-order valence-electron chi connectivity index (χ1n) is 7.73. The molecule has 1 aromatic rings. The van der Waals surface area contributed by atoms with Gasteiger partial charge in [0.1, 0.15) is 0 Å². The van der Waals surface area contributed by atoms with Crippen molar-refractivity contribution >= 4 is 11.6 Å². The van der Waals surface area contributed by atoms with Crippen LogP contribution < -0.4 is 5.32 Å². The first kappa shape index (κ1) is 15.8. The maximum absolute atomic E-state index is 12.7. The minimum absolute atomic E-state index is 0.155. The first-order valence-corrected chi connectivity index (χ1v) is 7.73. The van der Waals surface area contributed by atoms with Gasteiger partial charge in [-0.2, -0.15) is 0 Å². The number of nitrogens with zero attached hydrogens (tertiary/aromatic N) is 2. The molecule has 1 fully saturated rings. The lowest BCUT2D eigenvalue weighted by Gasteiger charge is -2.33. The summed E-state index contributed by atoms with van der Waals surface area (Å²) in [5.74, 6) is 0.869. The van der Waals surface area contributed by atoms with E-state index in [9.17, 15) is 4.79 Å². The van der Waals surface area contributed by atoms with Crippen LogP contribution in [0, 0.1) is 12.8 Å². The van der Waals surface area contributed by atoms with E-state index in [4.69, 9.17) is 0 Å². The number of aryl methyl sites for hydroxylation is 1. The number of carbonyl (C=O) groups is 1. The SMILES string of the molecule is CNc1cc(C)ccc1C(=O)N1CCC(CN(C)C)CC1. The predicted molar refractivity (Wildman–Crippen MR) is 87.9 cm³/mol. The lowest BCUT2D eigenvalue weighted by Crippen LogP contribution is -2.40. The van der Waals surface area contributed by atoms with Gasteiger partial charge >= 0.3 is 0 Å². The van der Waals surface area contributed by atoms with Gasteiger partial charge in [-0.15, -0.1) is 0 Å². The summed E-state index contributed by atoms with van der Waals surface area (Å²) in [6.45, 7) is 4.90. The average molecular weight is 289 g/mol. The number of carbonyl (C=O) groups excluding carboxylic acids is 1. The fraction of sp³-hybridized carbons (Fsp3) is 0.588. The van der Waals surface area contributed by atoms with E-state index in [0.717, 1.165) is 43.7 Å². The van der Waals surface area contributed by atoms with Gasteiger partial charge in [-0.25, -0.2) is 0 Å². The Labute approximate surface area is 128 Å². The standard InChI is InChI=1S/C17H27N3O/c1-13-5-6-15(16(11-13)18-2)17(21)20-9-7-14(8-10-20)12-19(3)4/h5-6,11,14,18H,7-10,12H2,1-4H3. The molecule has 0 radical (unpaired) electrons. The fourth-order valence-corrected chi connectivity index (χ4v) is 3.06. The van der Waals surface area contributed by atoms with Crippen LogP contribution in [-0.2, 0) is 0 Å². The molecule has 4 nitrogen and oxygen atoms in total. The number of piperidine rings is 1. The van der Waals surface area contributed by atoms with Crippen LogP contribution in [0.1, 0.15) is 28.8 Å². The second-order valence-electron chi connectivity index (χ2n) is 6.30. The molecule has 1 aliphatic heterocycles. The molecule has 4 heteroatoms. The number of nitrogens with one attached hydrogen (secondary N) is 1. The largest absolute Gasteiger partial charge is 0.387 e. The quantitative estimate of drug-likeness (QED) is 0.925. The van der Waals surface area contributed by atoms with Crippen molar-refractivity contribution in [1.82, 2.24) is 9.80 Å². The van der Waals surface area contributed by atoms with E-state index in [-0.39, 0.29) is 5.91 Å². The molecule has 0 saturated carbocycles. The summed E-state index contributed by atoms with van der Waals surface area (Å²) in [5.41, 5.74) is 2.88. The summed E-state index contributed by atoms with van der Waals surface area (Å²) in [6, 6.07) is 5.98. The third-order valence-electron chi connectivity index (χ3n) is 4.20. The molecule has 116 valence electrons. The molecule has 1 heterocycles. The van der Waals surface area contributed by atoms with Crippen molar-refractivity contribution in [3.05, 3.63) is 29.3 Å². The van der Waals surface area contributed by atoms with E-state index < -0.39 is 0 Å². The summed E-state index contributed by atoms with van der Waals surface area (Å²) in [5, 5.41) is 3.14. The molecular formula is C17H27N3O. The highest BCUT2D eigenvalue weighted by Gasteiger charge is 2.25. The third kappa shape index (κ3) is 3.97. The Balaban J connectivity index is 2.02. The monoisotopic (exact) mass is 289 g/mol. The topological polar surface area (TPSA) is 35.6 Å². The Kier molecular flexibility index (Phi) is 5.23. The van der Waals surface area contributed by atoms with Gasteiger partial charge in [0.25, 0.3) is 5.91 Å². The van der Waals surface area contributed by atoms with Gasteiger partial charge in [0.2, 0.25) is 0 Å². The Hall–Kier alpha value is -1.55. The number of hydrogen-bond acceptors (Lipinski definition) is 3. The molecule has 21 heavy (non-hydrogen) atoms.